The SMILES string of the molecule is CC(C)(C)[P@@]1COc2cccc(-c3ccccc3)c21. The van der Waals surface area contributed by atoms with Crippen molar-refractivity contribution >= 4 is 13.2 Å². The quantitative estimate of drug-likeness (QED) is 0.688. The van der Waals surface area contributed by atoms with Gasteiger partial charge in [-0.05, 0) is 30.3 Å². The Bertz CT molecular complexity index is 584. The molecule has 1 aliphatic rings. The Hall–Kier alpha value is -1.33. The van der Waals surface area contributed by atoms with Crippen LogP contribution in [0.25, 0.3) is 11.1 Å². The van der Waals surface area contributed by atoms with E-state index >= 15 is 0 Å². The standard InChI is InChI=1S/C17H19OP/c1-17(2,3)19-12-18-15-11-7-10-14(16(15)19)13-8-5-4-6-9-13/h4-11H,12H2,1-3H3/t19-/m0/s1. The molecule has 0 saturated carbocycles. The normalized spacial score (nSPS) is 17.9. The monoisotopic (exact) mass is 270 g/mol. The molecular formula is C17H19OP. The summed E-state index contributed by atoms with van der Waals surface area (Å²) in [6.45, 7) is 6.96. The van der Waals surface area contributed by atoms with E-state index in [1.165, 1.54) is 16.4 Å². The average Bonchev–Trinajstić information content (AvgIpc) is 2.83. The summed E-state index contributed by atoms with van der Waals surface area (Å²) in [6, 6.07) is 17.1. The second kappa shape index (κ2) is 4.65. The highest BCUT2D eigenvalue weighted by Crippen LogP contribution is 2.55. The molecule has 3 rings (SSSR count). The lowest BCUT2D eigenvalue weighted by molar-refractivity contribution is 0.400. The Labute approximate surface area is 116 Å². The molecule has 0 unspecified atom stereocenters. The Morgan fingerprint density at radius 1 is 0.947 bits per heavy atom. The van der Waals surface area contributed by atoms with Crippen LogP contribution < -0.4 is 10.0 Å². The minimum Gasteiger partial charge on any atom is -0.488 e. The molecule has 0 aliphatic carbocycles. The predicted molar refractivity (Wildman–Crippen MR) is 83.7 cm³/mol. The van der Waals surface area contributed by atoms with Crippen molar-refractivity contribution in [2.45, 2.75) is 25.9 Å². The van der Waals surface area contributed by atoms with Gasteiger partial charge in [0.05, 0.1) is 0 Å². The highest BCUT2D eigenvalue weighted by atomic mass is 31.1. The highest BCUT2D eigenvalue weighted by molar-refractivity contribution is 7.67. The van der Waals surface area contributed by atoms with Gasteiger partial charge < -0.3 is 4.74 Å². The van der Waals surface area contributed by atoms with Gasteiger partial charge in [-0.2, -0.15) is 0 Å². The van der Waals surface area contributed by atoms with Crippen LogP contribution in [0.2, 0.25) is 0 Å². The second-order valence-electron chi connectivity index (χ2n) is 5.89. The van der Waals surface area contributed by atoms with E-state index in [4.69, 9.17) is 4.74 Å². The number of benzene rings is 2. The first kappa shape index (κ1) is 12.7. The van der Waals surface area contributed by atoms with Gasteiger partial charge in [-0.3, -0.25) is 0 Å². The predicted octanol–water partition coefficient (Wildman–Crippen LogP) is 4.61. The van der Waals surface area contributed by atoms with Crippen molar-refractivity contribution in [3.05, 3.63) is 48.5 Å². The van der Waals surface area contributed by atoms with Gasteiger partial charge in [0, 0.05) is 5.30 Å². The van der Waals surface area contributed by atoms with Crippen molar-refractivity contribution in [3.8, 4) is 16.9 Å². The molecule has 2 heteroatoms. The van der Waals surface area contributed by atoms with E-state index in [2.05, 4.69) is 69.3 Å². The van der Waals surface area contributed by atoms with Gasteiger partial charge in [0.15, 0.2) is 0 Å². The van der Waals surface area contributed by atoms with E-state index in [1.807, 2.05) is 0 Å². The van der Waals surface area contributed by atoms with Crippen LogP contribution in [0.5, 0.6) is 5.75 Å². The number of rotatable bonds is 1. The van der Waals surface area contributed by atoms with Crippen LogP contribution in [0.3, 0.4) is 0 Å². The van der Waals surface area contributed by atoms with Crippen molar-refractivity contribution in [1.82, 2.24) is 0 Å². The first-order valence-electron chi connectivity index (χ1n) is 6.66. The molecule has 0 N–H and O–H groups in total. The zero-order valence-electron chi connectivity index (χ0n) is 11.7. The molecule has 0 amide bonds. The number of hydrogen-bond acceptors (Lipinski definition) is 1. The Kier molecular flexibility index (Phi) is 3.11. The third-order valence-corrected chi connectivity index (χ3v) is 6.52. The molecule has 0 bridgehead atoms. The van der Waals surface area contributed by atoms with E-state index in [9.17, 15) is 0 Å². The van der Waals surface area contributed by atoms with Crippen LogP contribution in [-0.2, 0) is 0 Å². The van der Waals surface area contributed by atoms with Gasteiger partial charge in [-0.1, -0.05) is 63.2 Å². The molecule has 1 heterocycles. The van der Waals surface area contributed by atoms with Crippen LogP contribution in [0.1, 0.15) is 20.8 Å². The number of hydrogen-bond donors (Lipinski definition) is 0. The summed E-state index contributed by atoms with van der Waals surface area (Å²) in [7, 11) is -0.269. The minimum absolute atomic E-state index is 0.269. The highest BCUT2D eigenvalue weighted by Gasteiger charge is 2.35. The summed E-state index contributed by atoms with van der Waals surface area (Å²) in [5.41, 5.74) is 2.64. The Morgan fingerprint density at radius 2 is 1.68 bits per heavy atom. The Balaban J connectivity index is 2.17. The molecule has 98 valence electrons. The lowest BCUT2D eigenvalue weighted by atomic mass is 10.1. The van der Waals surface area contributed by atoms with E-state index in [1.54, 1.807) is 0 Å². The first-order valence-corrected chi connectivity index (χ1v) is 8.19. The molecule has 1 nitrogen and oxygen atoms in total. The van der Waals surface area contributed by atoms with Crippen molar-refractivity contribution in [2.24, 2.45) is 0 Å². The lowest BCUT2D eigenvalue weighted by Crippen LogP contribution is -2.19. The average molecular weight is 270 g/mol. The molecule has 0 fully saturated rings. The van der Waals surface area contributed by atoms with Gasteiger partial charge in [-0.15, -0.1) is 0 Å². The third-order valence-electron chi connectivity index (χ3n) is 3.51. The van der Waals surface area contributed by atoms with Crippen LogP contribution in [0.4, 0.5) is 0 Å². The first-order chi connectivity index (χ1) is 9.07. The van der Waals surface area contributed by atoms with Crippen molar-refractivity contribution in [1.29, 1.82) is 0 Å². The summed E-state index contributed by atoms with van der Waals surface area (Å²) in [4.78, 5) is 0. The zero-order chi connectivity index (χ0) is 13.5. The van der Waals surface area contributed by atoms with Gasteiger partial charge in [-0.25, -0.2) is 0 Å². The largest absolute Gasteiger partial charge is 0.488 e. The van der Waals surface area contributed by atoms with E-state index in [0.717, 1.165) is 12.1 Å². The maximum atomic E-state index is 5.93. The molecule has 0 saturated heterocycles. The van der Waals surface area contributed by atoms with E-state index in [0.29, 0.717) is 0 Å². The fourth-order valence-corrected chi connectivity index (χ4v) is 4.85. The second-order valence-corrected chi connectivity index (χ2v) is 8.79. The third kappa shape index (κ3) is 2.28. The van der Waals surface area contributed by atoms with Crippen molar-refractivity contribution in [2.75, 3.05) is 6.35 Å². The summed E-state index contributed by atoms with van der Waals surface area (Å²) in [5.74, 6) is 1.09. The van der Waals surface area contributed by atoms with E-state index < -0.39 is 0 Å². The molecule has 2 aromatic carbocycles. The van der Waals surface area contributed by atoms with Gasteiger partial charge in [0.25, 0.3) is 0 Å². The smallest absolute Gasteiger partial charge is 0.128 e. The zero-order valence-corrected chi connectivity index (χ0v) is 12.6. The fraction of sp³-hybridized carbons (Fsp3) is 0.294. The molecule has 0 spiro atoms. The summed E-state index contributed by atoms with van der Waals surface area (Å²) in [6.07, 6.45) is 0.859. The molecule has 19 heavy (non-hydrogen) atoms. The number of fused-ring (bicyclic) bond motifs is 1. The van der Waals surface area contributed by atoms with Crippen LogP contribution in [-0.4, -0.2) is 11.5 Å². The number of ether oxygens (including phenoxy) is 1. The summed E-state index contributed by atoms with van der Waals surface area (Å²) >= 11 is 0. The van der Waals surface area contributed by atoms with E-state index in [-0.39, 0.29) is 13.1 Å². The molecule has 2 aromatic rings. The van der Waals surface area contributed by atoms with Crippen molar-refractivity contribution in [3.63, 3.8) is 0 Å². The molecular weight excluding hydrogens is 251 g/mol. The van der Waals surface area contributed by atoms with Gasteiger partial charge in [0.2, 0.25) is 0 Å². The molecule has 0 radical (unpaired) electrons. The summed E-state index contributed by atoms with van der Waals surface area (Å²) in [5, 5.41) is 1.72. The van der Waals surface area contributed by atoms with Crippen LogP contribution >= 0.6 is 7.92 Å². The Morgan fingerprint density at radius 3 is 2.37 bits per heavy atom. The summed E-state index contributed by atoms with van der Waals surface area (Å²) < 4.78 is 5.93. The maximum Gasteiger partial charge on any atom is 0.128 e. The molecule has 1 aliphatic heterocycles. The fourth-order valence-electron chi connectivity index (χ4n) is 2.50. The lowest BCUT2D eigenvalue weighted by Gasteiger charge is -2.27. The molecule has 0 aromatic heterocycles. The van der Waals surface area contributed by atoms with Crippen molar-refractivity contribution < 1.29 is 4.74 Å². The topological polar surface area (TPSA) is 9.23 Å². The minimum atomic E-state index is -0.269. The van der Waals surface area contributed by atoms with Gasteiger partial charge >= 0.3 is 0 Å². The molecule has 1 atom stereocenters. The van der Waals surface area contributed by atoms with Crippen LogP contribution in [0, 0.1) is 0 Å². The van der Waals surface area contributed by atoms with Gasteiger partial charge in [0.1, 0.15) is 12.1 Å². The maximum absolute atomic E-state index is 5.93. The van der Waals surface area contributed by atoms with Crippen LogP contribution in [0.15, 0.2) is 48.5 Å².